The largest absolute Gasteiger partial charge is 0.462 e. The molecule has 2 atom stereocenters. The second-order valence-electron chi connectivity index (χ2n) is 4.16. The molecule has 0 saturated carbocycles. The number of hydrogen-bond acceptors (Lipinski definition) is 2. The van der Waals surface area contributed by atoms with E-state index in [2.05, 4.69) is 20.8 Å². The fourth-order valence-electron chi connectivity index (χ4n) is 1.58. The van der Waals surface area contributed by atoms with Gasteiger partial charge < -0.3 is 4.74 Å². The van der Waals surface area contributed by atoms with Gasteiger partial charge in [-0.05, 0) is 24.7 Å². The Hall–Kier alpha value is -0.530. The Kier molecular flexibility index (Phi) is 3.12. The van der Waals surface area contributed by atoms with Crippen molar-refractivity contribution in [3.8, 4) is 0 Å². The van der Waals surface area contributed by atoms with Gasteiger partial charge in [0.05, 0.1) is 0 Å². The van der Waals surface area contributed by atoms with Crippen LogP contribution < -0.4 is 0 Å². The molecule has 1 saturated heterocycles. The lowest BCUT2D eigenvalue weighted by Gasteiger charge is -2.18. The molecule has 0 aromatic rings. The van der Waals surface area contributed by atoms with E-state index in [-0.39, 0.29) is 12.1 Å². The third kappa shape index (κ3) is 2.50. The van der Waals surface area contributed by atoms with Crippen LogP contribution in [0.25, 0.3) is 0 Å². The summed E-state index contributed by atoms with van der Waals surface area (Å²) in [6.07, 6.45) is 2.91. The maximum absolute atomic E-state index is 11.2. The normalized spacial score (nSPS) is 31.5. The molecule has 1 heterocycles. The van der Waals surface area contributed by atoms with Gasteiger partial charge in [-0.3, -0.25) is 4.79 Å². The minimum atomic E-state index is -0.0151. The van der Waals surface area contributed by atoms with Crippen LogP contribution in [0.4, 0.5) is 0 Å². The molecule has 0 spiro atoms. The molecule has 0 amide bonds. The Morgan fingerprint density at radius 3 is 2.67 bits per heavy atom. The van der Waals surface area contributed by atoms with Crippen molar-refractivity contribution in [2.24, 2.45) is 11.8 Å². The smallest absolute Gasteiger partial charge is 0.306 e. The number of carbonyl (C=O) groups is 1. The van der Waals surface area contributed by atoms with Crippen LogP contribution in [0, 0.1) is 11.8 Å². The number of carbonyl (C=O) groups excluding carboxylic acids is 1. The molecular weight excluding hydrogens is 152 g/mol. The van der Waals surface area contributed by atoms with Crippen molar-refractivity contribution >= 4 is 5.97 Å². The minimum Gasteiger partial charge on any atom is -0.462 e. The first-order valence-electron chi connectivity index (χ1n) is 4.79. The SMILES string of the molecule is CC1CC[C@@H](C(C)C)OC(=O)C1. The Morgan fingerprint density at radius 1 is 1.42 bits per heavy atom. The van der Waals surface area contributed by atoms with E-state index >= 15 is 0 Å². The van der Waals surface area contributed by atoms with E-state index in [1.807, 2.05) is 0 Å². The Morgan fingerprint density at radius 2 is 2.08 bits per heavy atom. The Labute approximate surface area is 74.3 Å². The van der Waals surface area contributed by atoms with Crippen LogP contribution in [0.15, 0.2) is 0 Å². The summed E-state index contributed by atoms with van der Waals surface area (Å²) in [4.78, 5) is 11.2. The van der Waals surface area contributed by atoms with E-state index in [9.17, 15) is 4.79 Å². The predicted octanol–water partition coefficient (Wildman–Crippen LogP) is 2.37. The average Bonchev–Trinajstić information content (AvgIpc) is 2.11. The third-order valence-electron chi connectivity index (χ3n) is 2.49. The number of ether oxygens (including phenoxy) is 1. The highest BCUT2D eigenvalue weighted by atomic mass is 16.5. The van der Waals surface area contributed by atoms with Crippen molar-refractivity contribution in [3.63, 3.8) is 0 Å². The molecule has 70 valence electrons. The van der Waals surface area contributed by atoms with Gasteiger partial charge in [0.2, 0.25) is 0 Å². The molecule has 12 heavy (non-hydrogen) atoms. The van der Waals surface area contributed by atoms with Crippen LogP contribution in [-0.2, 0) is 9.53 Å². The van der Waals surface area contributed by atoms with Gasteiger partial charge in [-0.15, -0.1) is 0 Å². The number of cyclic esters (lactones) is 1. The van der Waals surface area contributed by atoms with E-state index in [0.29, 0.717) is 18.3 Å². The second kappa shape index (κ2) is 3.92. The first kappa shape index (κ1) is 9.56. The van der Waals surface area contributed by atoms with Crippen LogP contribution in [-0.4, -0.2) is 12.1 Å². The summed E-state index contributed by atoms with van der Waals surface area (Å²) in [5.74, 6) is 0.944. The fraction of sp³-hybridized carbons (Fsp3) is 0.900. The molecule has 2 nitrogen and oxygen atoms in total. The molecule has 1 rings (SSSR count). The Balaban J connectivity index is 2.52. The maximum atomic E-state index is 11.2. The lowest BCUT2D eigenvalue weighted by molar-refractivity contribution is -0.150. The molecule has 0 aromatic carbocycles. The molecule has 1 fully saturated rings. The molecule has 1 aliphatic heterocycles. The van der Waals surface area contributed by atoms with Crippen LogP contribution in [0.2, 0.25) is 0 Å². The van der Waals surface area contributed by atoms with Crippen molar-refractivity contribution in [1.82, 2.24) is 0 Å². The fourth-order valence-corrected chi connectivity index (χ4v) is 1.58. The van der Waals surface area contributed by atoms with Crippen molar-refractivity contribution in [2.45, 2.75) is 46.1 Å². The second-order valence-corrected chi connectivity index (χ2v) is 4.16. The summed E-state index contributed by atoms with van der Waals surface area (Å²) >= 11 is 0. The molecule has 1 aliphatic rings. The standard InChI is InChI=1S/C10H18O2/c1-7(2)9-5-4-8(3)6-10(11)12-9/h7-9H,4-6H2,1-3H3/t8?,9-/m0/s1. The highest BCUT2D eigenvalue weighted by Crippen LogP contribution is 2.23. The molecule has 2 heteroatoms. The topological polar surface area (TPSA) is 26.3 Å². The van der Waals surface area contributed by atoms with Gasteiger partial charge >= 0.3 is 5.97 Å². The van der Waals surface area contributed by atoms with Crippen molar-refractivity contribution < 1.29 is 9.53 Å². The summed E-state index contributed by atoms with van der Waals surface area (Å²) in [5, 5.41) is 0. The zero-order valence-corrected chi connectivity index (χ0v) is 8.17. The van der Waals surface area contributed by atoms with Gasteiger partial charge in [0, 0.05) is 6.42 Å². The lowest BCUT2D eigenvalue weighted by Crippen LogP contribution is -2.21. The predicted molar refractivity (Wildman–Crippen MR) is 47.7 cm³/mol. The monoisotopic (exact) mass is 170 g/mol. The van der Waals surface area contributed by atoms with Gasteiger partial charge in [-0.2, -0.15) is 0 Å². The zero-order chi connectivity index (χ0) is 9.14. The average molecular weight is 170 g/mol. The summed E-state index contributed by atoms with van der Waals surface area (Å²) in [5.41, 5.74) is 0. The zero-order valence-electron chi connectivity index (χ0n) is 8.17. The third-order valence-corrected chi connectivity index (χ3v) is 2.49. The number of rotatable bonds is 1. The van der Waals surface area contributed by atoms with E-state index in [1.54, 1.807) is 0 Å². The summed E-state index contributed by atoms with van der Waals surface area (Å²) in [6.45, 7) is 6.33. The molecule has 0 bridgehead atoms. The van der Waals surface area contributed by atoms with Gasteiger partial charge in [0.25, 0.3) is 0 Å². The van der Waals surface area contributed by atoms with Crippen molar-refractivity contribution in [2.75, 3.05) is 0 Å². The minimum absolute atomic E-state index is 0.0151. The van der Waals surface area contributed by atoms with Crippen molar-refractivity contribution in [3.05, 3.63) is 0 Å². The van der Waals surface area contributed by atoms with Crippen LogP contribution in [0.1, 0.15) is 40.0 Å². The Bertz CT molecular complexity index is 163. The number of esters is 1. The van der Waals surface area contributed by atoms with Gasteiger partial charge in [-0.25, -0.2) is 0 Å². The van der Waals surface area contributed by atoms with E-state index in [1.165, 1.54) is 0 Å². The quantitative estimate of drug-likeness (QED) is 0.565. The van der Waals surface area contributed by atoms with E-state index in [4.69, 9.17) is 4.74 Å². The van der Waals surface area contributed by atoms with Crippen LogP contribution in [0.3, 0.4) is 0 Å². The summed E-state index contributed by atoms with van der Waals surface area (Å²) in [6, 6.07) is 0. The highest BCUT2D eigenvalue weighted by molar-refractivity contribution is 5.70. The molecular formula is C10H18O2. The van der Waals surface area contributed by atoms with Crippen LogP contribution >= 0.6 is 0 Å². The van der Waals surface area contributed by atoms with Gasteiger partial charge in [-0.1, -0.05) is 20.8 Å². The van der Waals surface area contributed by atoms with Crippen molar-refractivity contribution in [1.29, 1.82) is 0 Å². The van der Waals surface area contributed by atoms with Crippen LogP contribution in [0.5, 0.6) is 0 Å². The van der Waals surface area contributed by atoms with E-state index in [0.717, 1.165) is 12.8 Å². The lowest BCUT2D eigenvalue weighted by atomic mass is 9.97. The van der Waals surface area contributed by atoms with Gasteiger partial charge in [0.15, 0.2) is 0 Å². The summed E-state index contributed by atoms with van der Waals surface area (Å²) in [7, 11) is 0. The molecule has 0 aromatic heterocycles. The number of hydrogen-bond donors (Lipinski definition) is 0. The molecule has 0 N–H and O–H groups in total. The molecule has 0 aliphatic carbocycles. The first-order chi connectivity index (χ1) is 5.59. The highest BCUT2D eigenvalue weighted by Gasteiger charge is 2.24. The molecule has 1 unspecified atom stereocenters. The van der Waals surface area contributed by atoms with E-state index < -0.39 is 0 Å². The molecule has 0 radical (unpaired) electrons. The van der Waals surface area contributed by atoms with Gasteiger partial charge in [0.1, 0.15) is 6.10 Å². The maximum Gasteiger partial charge on any atom is 0.306 e. The first-order valence-corrected chi connectivity index (χ1v) is 4.79. The summed E-state index contributed by atoms with van der Waals surface area (Å²) < 4.78 is 5.30.